The number of fused-ring (bicyclic) bond motifs is 12. The average Bonchev–Trinajstić information content (AvgIpc) is 3.79. The summed E-state index contributed by atoms with van der Waals surface area (Å²) >= 11 is 1.96. The van der Waals surface area contributed by atoms with E-state index in [1.54, 1.807) is 0 Å². The summed E-state index contributed by atoms with van der Waals surface area (Å²) in [6, 6.07) is 72.9. The Balaban J connectivity index is 1.15. The van der Waals surface area contributed by atoms with Crippen LogP contribution in [0.3, 0.4) is 0 Å². The van der Waals surface area contributed by atoms with E-state index in [1.807, 2.05) is 11.3 Å². The molecule has 1 heterocycles. The SMILES string of the molecule is CC1(C)c2ccccc2-c2cc3c(sc4ccc5ccccc5c43)c(-c3ccc(-c4c5ccccc5c(-c5cccc6ccccc56)c5ccccc45)c4ccccc34)c21. The molecular formula is C59H38S. The summed E-state index contributed by atoms with van der Waals surface area (Å²) in [6.07, 6.45) is 0. The van der Waals surface area contributed by atoms with Crippen LogP contribution in [-0.4, -0.2) is 0 Å². The number of benzene rings is 11. The zero-order valence-electron chi connectivity index (χ0n) is 33.4. The molecule has 1 aliphatic carbocycles. The van der Waals surface area contributed by atoms with E-state index in [0.29, 0.717) is 0 Å². The molecule has 1 aromatic heterocycles. The molecule has 280 valence electrons. The molecule has 13 rings (SSSR count). The first-order chi connectivity index (χ1) is 29.6. The van der Waals surface area contributed by atoms with Gasteiger partial charge in [-0.05, 0) is 116 Å². The number of rotatable bonds is 3. The second-order valence-corrected chi connectivity index (χ2v) is 18.1. The maximum Gasteiger partial charge on any atom is 0.0437 e. The zero-order valence-corrected chi connectivity index (χ0v) is 34.2. The first kappa shape index (κ1) is 33.9. The van der Waals surface area contributed by atoms with Gasteiger partial charge in [-0.1, -0.05) is 196 Å². The van der Waals surface area contributed by atoms with Crippen LogP contribution in [0.2, 0.25) is 0 Å². The van der Waals surface area contributed by atoms with Crippen molar-refractivity contribution in [1.82, 2.24) is 0 Å². The number of thiophene rings is 1. The molecule has 0 unspecified atom stereocenters. The van der Waals surface area contributed by atoms with E-state index in [-0.39, 0.29) is 5.41 Å². The minimum Gasteiger partial charge on any atom is -0.134 e. The topological polar surface area (TPSA) is 0 Å². The molecule has 0 bridgehead atoms. The van der Waals surface area contributed by atoms with Gasteiger partial charge in [0.1, 0.15) is 0 Å². The van der Waals surface area contributed by atoms with Gasteiger partial charge in [0.25, 0.3) is 0 Å². The van der Waals surface area contributed by atoms with Gasteiger partial charge in [-0.25, -0.2) is 0 Å². The summed E-state index contributed by atoms with van der Waals surface area (Å²) < 4.78 is 2.71. The van der Waals surface area contributed by atoms with Crippen LogP contribution in [0, 0.1) is 0 Å². The molecular weight excluding hydrogens is 741 g/mol. The van der Waals surface area contributed by atoms with Crippen molar-refractivity contribution in [3.8, 4) is 44.5 Å². The predicted molar refractivity (Wildman–Crippen MR) is 261 cm³/mol. The van der Waals surface area contributed by atoms with E-state index < -0.39 is 0 Å². The predicted octanol–water partition coefficient (Wildman–Crippen LogP) is 17.1. The first-order valence-corrected chi connectivity index (χ1v) is 21.8. The summed E-state index contributed by atoms with van der Waals surface area (Å²) in [7, 11) is 0. The third kappa shape index (κ3) is 4.56. The molecule has 0 aliphatic heterocycles. The monoisotopic (exact) mass is 778 g/mol. The highest BCUT2D eigenvalue weighted by atomic mass is 32.1. The second kappa shape index (κ2) is 12.5. The molecule has 0 saturated carbocycles. The molecule has 0 saturated heterocycles. The van der Waals surface area contributed by atoms with Crippen molar-refractivity contribution in [2.45, 2.75) is 19.3 Å². The molecule has 0 nitrogen and oxygen atoms in total. The molecule has 1 aliphatic rings. The van der Waals surface area contributed by atoms with E-state index in [2.05, 4.69) is 208 Å². The van der Waals surface area contributed by atoms with Gasteiger partial charge < -0.3 is 0 Å². The molecule has 12 aromatic rings. The van der Waals surface area contributed by atoms with Crippen molar-refractivity contribution < 1.29 is 0 Å². The van der Waals surface area contributed by atoms with Crippen LogP contribution < -0.4 is 0 Å². The lowest BCUT2D eigenvalue weighted by Gasteiger charge is -2.26. The fourth-order valence-corrected chi connectivity index (χ4v) is 12.3. The third-order valence-electron chi connectivity index (χ3n) is 13.6. The maximum absolute atomic E-state index is 2.53. The molecule has 0 N–H and O–H groups in total. The molecule has 1 heteroatoms. The first-order valence-electron chi connectivity index (χ1n) is 21.0. The van der Waals surface area contributed by atoms with Crippen molar-refractivity contribution in [3.63, 3.8) is 0 Å². The van der Waals surface area contributed by atoms with E-state index >= 15 is 0 Å². The highest BCUT2D eigenvalue weighted by molar-refractivity contribution is 7.26. The lowest BCUT2D eigenvalue weighted by Crippen LogP contribution is -2.16. The normalized spacial score (nSPS) is 13.3. The Bertz CT molecular complexity index is 3740. The third-order valence-corrected chi connectivity index (χ3v) is 14.8. The molecule has 0 spiro atoms. The maximum atomic E-state index is 2.53. The van der Waals surface area contributed by atoms with Gasteiger partial charge in [-0.2, -0.15) is 0 Å². The smallest absolute Gasteiger partial charge is 0.0437 e. The fourth-order valence-electron chi connectivity index (χ4n) is 11.1. The molecule has 60 heavy (non-hydrogen) atoms. The van der Waals surface area contributed by atoms with E-state index in [1.165, 1.54) is 130 Å². The Kier molecular flexibility index (Phi) is 7.04. The lowest BCUT2D eigenvalue weighted by molar-refractivity contribution is 0.663. The highest BCUT2D eigenvalue weighted by Gasteiger charge is 2.39. The van der Waals surface area contributed by atoms with Crippen LogP contribution in [0.4, 0.5) is 0 Å². The number of hydrogen-bond donors (Lipinski definition) is 0. The minimum atomic E-state index is -0.183. The van der Waals surface area contributed by atoms with Crippen molar-refractivity contribution in [3.05, 3.63) is 205 Å². The molecule has 0 fully saturated rings. The van der Waals surface area contributed by atoms with Crippen LogP contribution >= 0.6 is 11.3 Å². The largest absolute Gasteiger partial charge is 0.134 e. The molecule has 11 aromatic carbocycles. The Labute approximate surface area is 352 Å². The van der Waals surface area contributed by atoms with Gasteiger partial charge in [0, 0.05) is 31.2 Å². The Morgan fingerprint density at radius 1 is 0.333 bits per heavy atom. The van der Waals surface area contributed by atoms with Gasteiger partial charge in [-0.15, -0.1) is 11.3 Å². The summed E-state index contributed by atoms with van der Waals surface area (Å²) in [5.41, 5.74) is 13.2. The minimum absolute atomic E-state index is 0.183. The Morgan fingerprint density at radius 3 is 1.45 bits per heavy atom. The number of hydrogen-bond acceptors (Lipinski definition) is 1. The summed E-state index contributed by atoms with van der Waals surface area (Å²) in [4.78, 5) is 0. The Hall–Kier alpha value is -7.06. The second-order valence-electron chi connectivity index (χ2n) is 17.1. The van der Waals surface area contributed by atoms with Gasteiger partial charge in [0.15, 0.2) is 0 Å². The van der Waals surface area contributed by atoms with Gasteiger partial charge in [0.05, 0.1) is 0 Å². The van der Waals surface area contributed by atoms with E-state index in [4.69, 9.17) is 0 Å². The van der Waals surface area contributed by atoms with Crippen molar-refractivity contribution >= 4 is 85.4 Å². The summed E-state index contributed by atoms with van der Waals surface area (Å²) in [5, 5.41) is 15.5. The van der Waals surface area contributed by atoms with Gasteiger partial charge in [-0.3, -0.25) is 0 Å². The van der Waals surface area contributed by atoms with Crippen molar-refractivity contribution in [2.24, 2.45) is 0 Å². The van der Waals surface area contributed by atoms with Crippen molar-refractivity contribution in [2.75, 3.05) is 0 Å². The molecule has 0 radical (unpaired) electrons. The van der Waals surface area contributed by atoms with Crippen LogP contribution in [-0.2, 0) is 5.41 Å². The summed E-state index contributed by atoms with van der Waals surface area (Å²) in [5.74, 6) is 0. The Morgan fingerprint density at radius 2 is 0.800 bits per heavy atom. The lowest BCUT2D eigenvalue weighted by atomic mass is 9.77. The van der Waals surface area contributed by atoms with Crippen LogP contribution in [0.15, 0.2) is 194 Å². The molecule has 0 amide bonds. The van der Waals surface area contributed by atoms with Crippen LogP contribution in [0.1, 0.15) is 25.0 Å². The standard InChI is InChI=1S/C59H38S/c1-59(2)51-29-14-13-23-41(51)49-34-50-55-38-20-6-4-17-36(38)30-33-52(55)60-58(50)56(57(49)59)48-32-31-47(39-21-7-8-22-40(39)48)54-45-26-11-9-24-43(45)53(44-25-10-12-27-46(44)54)42-28-15-18-35-16-3-5-19-37(35)42/h3-34H,1-2H3. The average molecular weight is 779 g/mol. The van der Waals surface area contributed by atoms with Gasteiger partial charge in [0.2, 0.25) is 0 Å². The van der Waals surface area contributed by atoms with Crippen LogP contribution in [0.5, 0.6) is 0 Å². The highest BCUT2D eigenvalue weighted by Crippen LogP contribution is 2.58. The van der Waals surface area contributed by atoms with E-state index in [0.717, 1.165) is 0 Å². The fraction of sp³-hybridized carbons (Fsp3) is 0.0508. The quantitative estimate of drug-likeness (QED) is 0.157. The van der Waals surface area contributed by atoms with Gasteiger partial charge >= 0.3 is 0 Å². The van der Waals surface area contributed by atoms with Crippen LogP contribution in [0.25, 0.3) is 119 Å². The zero-order chi connectivity index (χ0) is 39.7. The van der Waals surface area contributed by atoms with E-state index in [9.17, 15) is 0 Å². The summed E-state index contributed by atoms with van der Waals surface area (Å²) in [6.45, 7) is 4.87. The molecule has 0 atom stereocenters. The van der Waals surface area contributed by atoms with Crippen molar-refractivity contribution in [1.29, 1.82) is 0 Å².